The molecule has 174 valence electrons. The van der Waals surface area contributed by atoms with Gasteiger partial charge in [0.1, 0.15) is 11.6 Å². The van der Waals surface area contributed by atoms with Crippen molar-refractivity contribution in [2.75, 3.05) is 4.90 Å². The number of Topliss-reactive ketones (excluding diaryl/α,β-unsaturated/α-hetero) is 2. The number of ketones is 2. The molecule has 0 bridgehead atoms. The molecule has 35 heavy (non-hydrogen) atoms. The molecule has 1 aliphatic carbocycles. The maximum absolute atomic E-state index is 14.9. The van der Waals surface area contributed by atoms with Gasteiger partial charge in [-0.3, -0.25) is 19.2 Å². The number of rotatable bonds is 2. The Bertz CT molecular complexity index is 1440. The van der Waals surface area contributed by atoms with Gasteiger partial charge in [0.25, 0.3) is 0 Å². The fraction of sp³-hybridized carbons (Fsp3) is 0.154. The SMILES string of the molecule is O=C1[C@@H]2[C@@H](c3ccc(F)cc3F)OC3(C(=O)c4ccccc4C3=O)[C@@H]2C(=O)N1c1ccc(Cl)cc1. The molecule has 2 heterocycles. The molecule has 0 N–H and O–H groups in total. The van der Waals surface area contributed by atoms with Crippen molar-refractivity contribution >= 4 is 40.7 Å². The van der Waals surface area contributed by atoms with Crippen LogP contribution in [-0.4, -0.2) is 29.0 Å². The van der Waals surface area contributed by atoms with E-state index in [1.165, 1.54) is 36.4 Å². The number of hydrogen-bond donors (Lipinski definition) is 0. The molecule has 3 atom stereocenters. The minimum atomic E-state index is -2.34. The van der Waals surface area contributed by atoms with Crippen LogP contribution in [0.15, 0.2) is 66.7 Å². The van der Waals surface area contributed by atoms with Gasteiger partial charge in [-0.2, -0.15) is 0 Å². The highest BCUT2D eigenvalue weighted by Gasteiger charge is 2.75. The van der Waals surface area contributed by atoms with E-state index in [0.29, 0.717) is 11.1 Å². The van der Waals surface area contributed by atoms with E-state index in [1.807, 2.05) is 0 Å². The summed E-state index contributed by atoms with van der Waals surface area (Å²) >= 11 is 5.94. The Morgan fingerprint density at radius 1 is 0.829 bits per heavy atom. The molecule has 2 aliphatic heterocycles. The Hall–Kier alpha value is -3.75. The van der Waals surface area contributed by atoms with Crippen molar-refractivity contribution in [2.45, 2.75) is 11.7 Å². The molecule has 0 radical (unpaired) electrons. The highest BCUT2D eigenvalue weighted by molar-refractivity contribution is 6.37. The predicted molar refractivity (Wildman–Crippen MR) is 119 cm³/mol. The Labute approximate surface area is 202 Å². The van der Waals surface area contributed by atoms with E-state index in [2.05, 4.69) is 0 Å². The zero-order valence-electron chi connectivity index (χ0n) is 17.7. The maximum Gasteiger partial charge on any atom is 0.241 e. The van der Waals surface area contributed by atoms with Crippen molar-refractivity contribution in [1.29, 1.82) is 0 Å². The molecule has 2 saturated heterocycles. The van der Waals surface area contributed by atoms with E-state index in [1.54, 1.807) is 12.1 Å². The average Bonchev–Trinajstić information content (AvgIpc) is 3.40. The third-order valence-corrected chi connectivity index (χ3v) is 7.12. The summed E-state index contributed by atoms with van der Waals surface area (Å²) in [7, 11) is 0. The Kier molecular flexibility index (Phi) is 4.58. The predicted octanol–water partition coefficient (Wildman–Crippen LogP) is 4.31. The second kappa shape index (κ2) is 7.37. The minimum Gasteiger partial charge on any atom is -0.349 e. The van der Waals surface area contributed by atoms with Gasteiger partial charge >= 0.3 is 0 Å². The van der Waals surface area contributed by atoms with Crippen LogP contribution in [-0.2, 0) is 14.3 Å². The van der Waals surface area contributed by atoms with Gasteiger partial charge in [0.2, 0.25) is 29.0 Å². The summed E-state index contributed by atoms with van der Waals surface area (Å²) in [5.74, 6) is -7.91. The molecule has 1 spiro atoms. The molecular formula is C26H14ClF2NO5. The second-order valence-electron chi connectivity index (χ2n) is 8.64. The van der Waals surface area contributed by atoms with Crippen LogP contribution in [0.2, 0.25) is 5.02 Å². The Morgan fingerprint density at radius 2 is 1.46 bits per heavy atom. The number of nitrogens with zero attached hydrogens (tertiary/aromatic N) is 1. The summed E-state index contributed by atoms with van der Waals surface area (Å²) in [5.41, 5.74) is -2.27. The number of amides is 2. The molecular weight excluding hydrogens is 480 g/mol. The summed E-state index contributed by atoms with van der Waals surface area (Å²) in [4.78, 5) is 55.5. The largest absolute Gasteiger partial charge is 0.349 e. The monoisotopic (exact) mass is 493 g/mol. The summed E-state index contributed by atoms with van der Waals surface area (Å²) in [6.07, 6.45) is -1.48. The molecule has 6 nitrogen and oxygen atoms in total. The molecule has 3 aliphatic rings. The highest BCUT2D eigenvalue weighted by Crippen LogP contribution is 2.58. The van der Waals surface area contributed by atoms with E-state index >= 15 is 0 Å². The maximum atomic E-state index is 14.9. The molecule has 6 rings (SSSR count). The van der Waals surface area contributed by atoms with Crippen LogP contribution in [0.5, 0.6) is 0 Å². The quantitative estimate of drug-likeness (QED) is 0.392. The van der Waals surface area contributed by atoms with E-state index in [9.17, 15) is 28.0 Å². The fourth-order valence-electron chi connectivity index (χ4n) is 5.38. The third-order valence-electron chi connectivity index (χ3n) is 6.87. The van der Waals surface area contributed by atoms with Crippen LogP contribution in [0.1, 0.15) is 32.4 Å². The fourth-order valence-corrected chi connectivity index (χ4v) is 5.50. The summed E-state index contributed by atoms with van der Waals surface area (Å²) in [6.45, 7) is 0. The van der Waals surface area contributed by atoms with Crippen LogP contribution in [0.3, 0.4) is 0 Å². The lowest BCUT2D eigenvalue weighted by atomic mass is 9.77. The lowest BCUT2D eigenvalue weighted by Gasteiger charge is -2.27. The van der Waals surface area contributed by atoms with Crippen LogP contribution < -0.4 is 4.90 Å². The van der Waals surface area contributed by atoms with Gasteiger partial charge in [0, 0.05) is 27.8 Å². The number of carbonyl (C=O) groups excluding carboxylic acids is 4. The van der Waals surface area contributed by atoms with Gasteiger partial charge in [-0.15, -0.1) is 0 Å². The number of halogens is 3. The second-order valence-corrected chi connectivity index (χ2v) is 9.07. The van der Waals surface area contributed by atoms with E-state index in [0.717, 1.165) is 17.0 Å². The Balaban J connectivity index is 1.56. The first-order valence-electron chi connectivity index (χ1n) is 10.7. The summed E-state index contributed by atoms with van der Waals surface area (Å²) < 4.78 is 34.5. The zero-order chi connectivity index (χ0) is 24.6. The number of carbonyl (C=O) groups is 4. The van der Waals surface area contributed by atoms with Crippen molar-refractivity contribution in [3.05, 3.63) is 100 Å². The van der Waals surface area contributed by atoms with Crippen molar-refractivity contribution in [1.82, 2.24) is 0 Å². The molecule has 0 aromatic heterocycles. The molecule has 2 amide bonds. The van der Waals surface area contributed by atoms with Crippen molar-refractivity contribution in [3.8, 4) is 0 Å². The smallest absolute Gasteiger partial charge is 0.241 e. The average molecular weight is 494 g/mol. The lowest BCUT2D eigenvalue weighted by molar-refractivity contribution is -0.127. The molecule has 0 saturated carbocycles. The minimum absolute atomic E-state index is 0.0571. The topological polar surface area (TPSA) is 80.8 Å². The van der Waals surface area contributed by atoms with Crippen molar-refractivity contribution in [3.63, 3.8) is 0 Å². The molecule has 3 aromatic rings. The first kappa shape index (κ1) is 21.8. The van der Waals surface area contributed by atoms with E-state index in [4.69, 9.17) is 16.3 Å². The first-order chi connectivity index (χ1) is 16.8. The third kappa shape index (κ3) is 2.78. The van der Waals surface area contributed by atoms with Crippen molar-refractivity contribution in [2.24, 2.45) is 11.8 Å². The number of fused-ring (bicyclic) bond motifs is 3. The summed E-state index contributed by atoms with van der Waals surface area (Å²) in [5, 5.41) is 0.371. The molecule has 0 unspecified atom stereocenters. The standard InChI is InChI=1S/C26H14ClF2NO5/c27-12-5-8-14(9-6-12)30-24(33)19-20(25(30)34)26(22(31)15-3-1-2-4-16(15)23(26)32)35-21(19)17-10-7-13(28)11-18(17)29/h1-11,19-21H/t19-,20-,21+/m0/s1. The van der Waals surface area contributed by atoms with Crippen LogP contribution in [0.25, 0.3) is 0 Å². The van der Waals surface area contributed by atoms with Crippen molar-refractivity contribution < 1.29 is 32.7 Å². The van der Waals surface area contributed by atoms with E-state index < -0.39 is 58.6 Å². The van der Waals surface area contributed by atoms with Crippen LogP contribution in [0.4, 0.5) is 14.5 Å². The van der Waals surface area contributed by atoms with E-state index in [-0.39, 0.29) is 22.4 Å². The van der Waals surface area contributed by atoms with Crippen LogP contribution in [0, 0.1) is 23.5 Å². The van der Waals surface area contributed by atoms with Gasteiger partial charge in [0.05, 0.1) is 23.6 Å². The van der Waals surface area contributed by atoms with Gasteiger partial charge < -0.3 is 4.74 Å². The van der Waals surface area contributed by atoms with Gasteiger partial charge in [0.15, 0.2) is 0 Å². The number of benzene rings is 3. The lowest BCUT2D eigenvalue weighted by Crippen LogP contribution is -2.51. The van der Waals surface area contributed by atoms with Gasteiger partial charge in [-0.05, 0) is 30.3 Å². The van der Waals surface area contributed by atoms with Gasteiger partial charge in [-0.1, -0.05) is 41.9 Å². The normalized spacial score (nSPS) is 24.4. The molecule has 2 fully saturated rings. The number of anilines is 1. The van der Waals surface area contributed by atoms with Gasteiger partial charge in [-0.25, -0.2) is 13.7 Å². The highest BCUT2D eigenvalue weighted by atomic mass is 35.5. The Morgan fingerprint density at radius 3 is 2.06 bits per heavy atom. The number of hydrogen-bond acceptors (Lipinski definition) is 5. The summed E-state index contributed by atoms with van der Waals surface area (Å²) in [6, 6.07) is 14.6. The number of imide groups is 1. The first-order valence-corrected chi connectivity index (χ1v) is 11.1. The molecule has 3 aromatic carbocycles. The van der Waals surface area contributed by atoms with Crippen LogP contribution >= 0.6 is 11.6 Å². The number of ether oxygens (including phenoxy) is 1. The molecule has 9 heteroatoms. The zero-order valence-corrected chi connectivity index (χ0v) is 18.5.